The first-order valence-corrected chi connectivity index (χ1v) is 6.97. The maximum Gasteiger partial charge on any atom is 0.225 e. The number of rotatable bonds is 6. The highest BCUT2D eigenvalue weighted by molar-refractivity contribution is 5.42. The molecule has 0 bridgehead atoms. The van der Waals surface area contributed by atoms with Crippen LogP contribution in [0.4, 0.5) is 11.8 Å². The molecule has 0 aliphatic heterocycles. The van der Waals surface area contributed by atoms with E-state index in [-0.39, 0.29) is 5.95 Å². The van der Waals surface area contributed by atoms with Crippen molar-refractivity contribution in [1.82, 2.24) is 24.6 Å². The van der Waals surface area contributed by atoms with Crippen LogP contribution in [0.15, 0.2) is 30.5 Å². The molecule has 0 spiro atoms. The van der Waals surface area contributed by atoms with E-state index < -0.39 is 0 Å². The summed E-state index contributed by atoms with van der Waals surface area (Å²) in [6, 6.07) is 7.56. The van der Waals surface area contributed by atoms with Crippen molar-refractivity contribution in [2.24, 2.45) is 0 Å². The van der Waals surface area contributed by atoms with Gasteiger partial charge in [-0.3, -0.25) is 4.40 Å². The van der Waals surface area contributed by atoms with Crippen molar-refractivity contribution in [3.63, 3.8) is 0 Å². The van der Waals surface area contributed by atoms with Crippen LogP contribution < -0.4 is 15.8 Å². The summed E-state index contributed by atoms with van der Waals surface area (Å²) >= 11 is 0. The number of nitrogens with two attached hydrogens (primary N) is 1. The predicted molar refractivity (Wildman–Crippen MR) is 82.8 cm³/mol. The Morgan fingerprint density at radius 2 is 2.18 bits per heavy atom. The van der Waals surface area contributed by atoms with Gasteiger partial charge in [-0.2, -0.15) is 9.97 Å². The molecular formula is C14H17N7O. The fourth-order valence-electron chi connectivity index (χ4n) is 2.16. The Morgan fingerprint density at radius 1 is 1.27 bits per heavy atom. The van der Waals surface area contributed by atoms with Crippen LogP contribution in [0.2, 0.25) is 0 Å². The summed E-state index contributed by atoms with van der Waals surface area (Å²) < 4.78 is 7.05. The van der Waals surface area contributed by atoms with Gasteiger partial charge in [0.15, 0.2) is 5.65 Å². The van der Waals surface area contributed by atoms with E-state index in [1.807, 2.05) is 28.8 Å². The Bertz CT molecular complexity index is 771. The molecule has 0 amide bonds. The SMILES string of the molecule is COc1cc(NCCCc2nnc3ccccn23)nc(N)n1. The standard InChI is InChI=1S/C14H17N7O/c1-22-13-9-10(17-14(15)18-13)16-7-4-6-12-20-19-11-5-2-3-8-21(11)12/h2-3,5,8-9H,4,6-7H2,1H3,(H3,15,16,17,18). The number of methoxy groups -OCH3 is 1. The van der Waals surface area contributed by atoms with E-state index in [0.717, 1.165) is 30.9 Å². The van der Waals surface area contributed by atoms with Crippen LogP contribution in [-0.4, -0.2) is 38.2 Å². The minimum absolute atomic E-state index is 0.185. The summed E-state index contributed by atoms with van der Waals surface area (Å²) in [6.45, 7) is 0.737. The van der Waals surface area contributed by atoms with Gasteiger partial charge >= 0.3 is 0 Å². The average molecular weight is 299 g/mol. The zero-order valence-corrected chi connectivity index (χ0v) is 12.2. The van der Waals surface area contributed by atoms with E-state index in [9.17, 15) is 0 Å². The van der Waals surface area contributed by atoms with Gasteiger partial charge in [-0.15, -0.1) is 10.2 Å². The van der Waals surface area contributed by atoms with Gasteiger partial charge < -0.3 is 15.8 Å². The van der Waals surface area contributed by atoms with Crippen molar-refractivity contribution in [3.05, 3.63) is 36.3 Å². The van der Waals surface area contributed by atoms with E-state index >= 15 is 0 Å². The number of fused-ring (bicyclic) bond motifs is 1. The summed E-state index contributed by atoms with van der Waals surface area (Å²) in [5.41, 5.74) is 6.47. The van der Waals surface area contributed by atoms with Crippen LogP contribution in [0.25, 0.3) is 5.65 Å². The van der Waals surface area contributed by atoms with Gasteiger partial charge in [-0.1, -0.05) is 6.07 Å². The Labute approximate surface area is 127 Å². The van der Waals surface area contributed by atoms with Gasteiger partial charge in [0.25, 0.3) is 0 Å². The van der Waals surface area contributed by atoms with Crippen molar-refractivity contribution in [2.45, 2.75) is 12.8 Å². The number of hydrogen-bond donors (Lipinski definition) is 2. The maximum absolute atomic E-state index is 5.61. The molecule has 114 valence electrons. The molecule has 3 N–H and O–H groups in total. The molecule has 8 heteroatoms. The van der Waals surface area contributed by atoms with Crippen LogP contribution >= 0.6 is 0 Å². The molecule has 0 aromatic carbocycles. The smallest absolute Gasteiger partial charge is 0.225 e. The first-order valence-electron chi connectivity index (χ1n) is 6.97. The number of nitrogen functional groups attached to an aromatic ring is 1. The molecule has 22 heavy (non-hydrogen) atoms. The monoisotopic (exact) mass is 299 g/mol. The van der Waals surface area contributed by atoms with Crippen LogP contribution in [0.3, 0.4) is 0 Å². The van der Waals surface area contributed by atoms with Gasteiger partial charge in [-0.05, 0) is 18.6 Å². The Morgan fingerprint density at radius 3 is 3.05 bits per heavy atom. The van der Waals surface area contributed by atoms with Crippen molar-refractivity contribution in [1.29, 1.82) is 0 Å². The lowest BCUT2D eigenvalue weighted by Crippen LogP contribution is -2.08. The van der Waals surface area contributed by atoms with E-state index in [1.165, 1.54) is 0 Å². The molecule has 0 saturated carbocycles. The molecule has 8 nitrogen and oxygen atoms in total. The fraction of sp³-hybridized carbons (Fsp3) is 0.286. The minimum Gasteiger partial charge on any atom is -0.481 e. The summed E-state index contributed by atoms with van der Waals surface area (Å²) in [5.74, 6) is 2.22. The van der Waals surface area contributed by atoms with E-state index in [4.69, 9.17) is 10.5 Å². The quantitative estimate of drug-likeness (QED) is 0.658. The topological polar surface area (TPSA) is 103 Å². The van der Waals surface area contributed by atoms with Crippen LogP contribution in [0, 0.1) is 0 Å². The molecular weight excluding hydrogens is 282 g/mol. The second-order valence-electron chi connectivity index (χ2n) is 4.73. The molecule has 0 atom stereocenters. The van der Waals surface area contributed by atoms with Gasteiger partial charge in [0, 0.05) is 25.2 Å². The lowest BCUT2D eigenvalue weighted by Gasteiger charge is -2.07. The van der Waals surface area contributed by atoms with E-state index in [1.54, 1.807) is 13.2 Å². The van der Waals surface area contributed by atoms with Crippen LogP contribution in [0.1, 0.15) is 12.2 Å². The largest absolute Gasteiger partial charge is 0.481 e. The number of nitrogens with one attached hydrogen (secondary N) is 1. The van der Waals surface area contributed by atoms with E-state index in [0.29, 0.717) is 11.7 Å². The van der Waals surface area contributed by atoms with Gasteiger partial charge in [0.1, 0.15) is 11.6 Å². The zero-order chi connectivity index (χ0) is 15.4. The number of pyridine rings is 1. The lowest BCUT2D eigenvalue weighted by atomic mass is 10.3. The number of aromatic nitrogens is 5. The van der Waals surface area contributed by atoms with Crippen molar-refractivity contribution in [2.75, 3.05) is 24.7 Å². The van der Waals surface area contributed by atoms with Crippen LogP contribution in [-0.2, 0) is 6.42 Å². The van der Waals surface area contributed by atoms with Gasteiger partial charge in [0.05, 0.1) is 7.11 Å². The second kappa shape index (κ2) is 6.25. The van der Waals surface area contributed by atoms with Crippen molar-refractivity contribution < 1.29 is 4.74 Å². The molecule has 3 rings (SSSR count). The number of hydrogen-bond acceptors (Lipinski definition) is 7. The summed E-state index contributed by atoms with van der Waals surface area (Å²) in [6.07, 6.45) is 3.67. The summed E-state index contributed by atoms with van der Waals surface area (Å²) in [5, 5.41) is 11.5. The molecule has 0 fully saturated rings. The minimum atomic E-state index is 0.185. The summed E-state index contributed by atoms with van der Waals surface area (Å²) in [4.78, 5) is 8.05. The van der Waals surface area contributed by atoms with Gasteiger partial charge in [0.2, 0.25) is 11.8 Å². The molecule has 0 saturated heterocycles. The van der Waals surface area contributed by atoms with Crippen molar-refractivity contribution in [3.8, 4) is 5.88 Å². The number of nitrogens with zero attached hydrogens (tertiary/aromatic N) is 5. The first-order chi connectivity index (χ1) is 10.8. The fourth-order valence-corrected chi connectivity index (χ4v) is 2.16. The molecule has 3 aromatic heterocycles. The molecule has 0 aliphatic carbocycles. The second-order valence-corrected chi connectivity index (χ2v) is 4.73. The third-order valence-corrected chi connectivity index (χ3v) is 3.20. The highest BCUT2D eigenvalue weighted by Gasteiger charge is 2.05. The molecule has 0 aliphatic rings. The number of anilines is 2. The molecule has 0 unspecified atom stereocenters. The highest BCUT2D eigenvalue weighted by atomic mass is 16.5. The predicted octanol–water partition coefficient (Wildman–Crippen LogP) is 1.15. The summed E-state index contributed by atoms with van der Waals surface area (Å²) in [7, 11) is 1.54. The number of aryl methyl sites for hydroxylation is 1. The van der Waals surface area contributed by atoms with Gasteiger partial charge in [-0.25, -0.2) is 0 Å². The lowest BCUT2D eigenvalue weighted by molar-refractivity contribution is 0.398. The third kappa shape index (κ3) is 3.05. The first kappa shape index (κ1) is 14.1. The third-order valence-electron chi connectivity index (χ3n) is 3.20. The average Bonchev–Trinajstić information content (AvgIpc) is 2.94. The highest BCUT2D eigenvalue weighted by Crippen LogP contribution is 2.14. The van der Waals surface area contributed by atoms with E-state index in [2.05, 4.69) is 25.5 Å². The molecule has 0 radical (unpaired) electrons. The van der Waals surface area contributed by atoms with Crippen molar-refractivity contribution >= 4 is 17.4 Å². The van der Waals surface area contributed by atoms with Crippen LogP contribution in [0.5, 0.6) is 5.88 Å². The normalized spacial score (nSPS) is 10.8. The Hall–Kier alpha value is -2.90. The number of ether oxygens (including phenoxy) is 1. The zero-order valence-electron chi connectivity index (χ0n) is 12.2. The Balaban J connectivity index is 1.56. The molecule has 3 aromatic rings. The maximum atomic E-state index is 5.61. The Kier molecular flexibility index (Phi) is 3.99. The molecule has 3 heterocycles.